The summed E-state index contributed by atoms with van der Waals surface area (Å²) < 4.78 is 0. The summed E-state index contributed by atoms with van der Waals surface area (Å²) in [5.74, 6) is 0. The van der Waals surface area contributed by atoms with Crippen LogP contribution in [0.4, 0.5) is 0 Å². The number of fused-ring (bicyclic) bond motifs is 1. The van der Waals surface area contributed by atoms with E-state index in [0.717, 1.165) is 30.2 Å². The number of imidazole rings is 1. The van der Waals surface area contributed by atoms with Crippen molar-refractivity contribution < 1.29 is 0 Å². The molecular formula is C14H21N5S. The van der Waals surface area contributed by atoms with Gasteiger partial charge >= 0.3 is 0 Å². The molecule has 5 nitrogen and oxygen atoms in total. The second-order valence-electron chi connectivity index (χ2n) is 5.42. The van der Waals surface area contributed by atoms with E-state index in [2.05, 4.69) is 46.4 Å². The van der Waals surface area contributed by atoms with Crippen LogP contribution in [0.15, 0.2) is 6.33 Å². The molecule has 0 aromatic carbocycles. The van der Waals surface area contributed by atoms with E-state index >= 15 is 0 Å². The minimum Gasteiger partial charge on any atom is -0.347 e. The third kappa shape index (κ3) is 2.77. The van der Waals surface area contributed by atoms with Crippen LogP contribution in [-0.4, -0.2) is 27.5 Å². The third-order valence-electron chi connectivity index (χ3n) is 3.82. The van der Waals surface area contributed by atoms with Crippen molar-refractivity contribution in [2.75, 3.05) is 6.54 Å². The van der Waals surface area contributed by atoms with Crippen LogP contribution >= 0.6 is 11.3 Å². The topological polar surface area (TPSA) is 65.6 Å². The Kier molecular flexibility index (Phi) is 3.87. The number of aryl methyl sites for hydroxylation is 2. The lowest BCUT2D eigenvalue weighted by molar-refractivity contribution is 0.421. The molecule has 0 amide bonds. The predicted octanol–water partition coefficient (Wildman–Crippen LogP) is 1.85. The van der Waals surface area contributed by atoms with Gasteiger partial charge in [0.05, 0.1) is 28.4 Å². The molecule has 3 heterocycles. The number of thiazole rings is 1. The Morgan fingerprint density at radius 3 is 3.10 bits per heavy atom. The van der Waals surface area contributed by atoms with Crippen molar-refractivity contribution in [3.05, 3.63) is 33.3 Å². The average Bonchev–Trinajstić information content (AvgIpc) is 3.01. The van der Waals surface area contributed by atoms with Gasteiger partial charge in [-0.2, -0.15) is 0 Å². The second-order valence-corrected chi connectivity index (χ2v) is 6.66. The molecular weight excluding hydrogens is 270 g/mol. The Hall–Kier alpha value is -1.24. The van der Waals surface area contributed by atoms with Crippen LogP contribution in [0.25, 0.3) is 0 Å². The maximum Gasteiger partial charge on any atom is 0.0925 e. The summed E-state index contributed by atoms with van der Waals surface area (Å²) in [6.07, 6.45) is 2.77. The van der Waals surface area contributed by atoms with Crippen LogP contribution in [0, 0.1) is 13.8 Å². The number of nitrogens with one attached hydrogen (secondary N) is 3. The SMILES string of the molecule is Cc1nc(C)c(C(C)NCC2Cc3nc[nH]c3CN2)s1. The number of aromatic nitrogens is 3. The van der Waals surface area contributed by atoms with Crippen molar-refractivity contribution in [3.8, 4) is 0 Å². The molecule has 0 fully saturated rings. The van der Waals surface area contributed by atoms with Crippen LogP contribution in [0.3, 0.4) is 0 Å². The average molecular weight is 291 g/mol. The Labute approximate surface area is 123 Å². The van der Waals surface area contributed by atoms with Crippen molar-refractivity contribution in [2.24, 2.45) is 0 Å². The van der Waals surface area contributed by atoms with Crippen LogP contribution < -0.4 is 10.6 Å². The number of hydrogen-bond acceptors (Lipinski definition) is 5. The summed E-state index contributed by atoms with van der Waals surface area (Å²) in [7, 11) is 0. The van der Waals surface area contributed by atoms with E-state index in [9.17, 15) is 0 Å². The van der Waals surface area contributed by atoms with Crippen molar-refractivity contribution >= 4 is 11.3 Å². The van der Waals surface area contributed by atoms with Crippen molar-refractivity contribution in [1.82, 2.24) is 25.6 Å². The summed E-state index contributed by atoms with van der Waals surface area (Å²) in [6.45, 7) is 8.20. The van der Waals surface area contributed by atoms with Gasteiger partial charge in [0.15, 0.2) is 0 Å². The maximum absolute atomic E-state index is 4.50. The van der Waals surface area contributed by atoms with E-state index in [0.29, 0.717) is 12.1 Å². The minimum atomic E-state index is 0.351. The molecule has 0 saturated heterocycles. The predicted molar refractivity (Wildman–Crippen MR) is 80.9 cm³/mol. The number of hydrogen-bond donors (Lipinski definition) is 3. The van der Waals surface area contributed by atoms with Crippen LogP contribution in [0.5, 0.6) is 0 Å². The first-order chi connectivity index (χ1) is 9.63. The zero-order valence-electron chi connectivity index (χ0n) is 12.2. The molecule has 20 heavy (non-hydrogen) atoms. The van der Waals surface area contributed by atoms with E-state index in [1.54, 1.807) is 17.7 Å². The van der Waals surface area contributed by atoms with Gasteiger partial charge in [-0.05, 0) is 20.8 Å². The fourth-order valence-electron chi connectivity index (χ4n) is 2.74. The Morgan fingerprint density at radius 1 is 1.50 bits per heavy atom. The zero-order chi connectivity index (χ0) is 14.1. The largest absolute Gasteiger partial charge is 0.347 e. The minimum absolute atomic E-state index is 0.351. The molecule has 1 aliphatic heterocycles. The Bertz CT molecular complexity index is 588. The fraction of sp³-hybridized carbons (Fsp3) is 0.571. The van der Waals surface area contributed by atoms with Gasteiger partial charge in [0.2, 0.25) is 0 Å². The maximum atomic E-state index is 4.50. The third-order valence-corrected chi connectivity index (χ3v) is 5.07. The molecule has 2 atom stereocenters. The highest BCUT2D eigenvalue weighted by molar-refractivity contribution is 7.11. The molecule has 1 aliphatic rings. The molecule has 0 bridgehead atoms. The van der Waals surface area contributed by atoms with Crippen LogP contribution in [-0.2, 0) is 13.0 Å². The summed E-state index contributed by atoms with van der Waals surface area (Å²) in [6, 6.07) is 0.797. The van der Waals surface area contributed by atoms with Crippen molar-refractivity contribution in [1.29, 1.82) is 0 Å². The molecule has 108 valence electrons. The number of nitrogens with zero attached hydrogens (tertiary/aromatic N) is 2. The van der Waals surface area contributed by atoms with Gasteiger partial charge in [-0.25, -0.2) is 9.97 Å². The first-order valence-corrected chi connectivity index (χ1v) is 7.87. The van der Waals surface area contributed by atoms with E-state index in [1.165, 1.54) is 16.3 Å². The normalized spacial score (nSPS) is 19.9. The molecule has 2 aromatic rings. The number of H-pyrrole nitrogens is 1. The monoisotopic (exact) mass is 291 g/mol. The van der Waals surface area contributed by atoms with Crippen LogP contribution in [0.2, 0.25) is 0 Å². The molecule has 0 radical (unpaired) electrons. The quantitative estimate of drug-likeness (QED) is 0.804. The number of aromatic amines is 1. The molecule has 3 N–H and O–H groups in total. The summed E-state index contributed by atoms with van der Waals surface area (Å²) >= 11 is 1.79. The second kappa shape index (κ2) is 5.63. The van der Waals surface area contributed by atoms with Crippen LogP contribution in [0.1, 0.15) is 39.9 Å². The van der Waals surface area contributed by atoms with Gasteiger partial charge in [-0.15, -0.1) is 11.3 Å². The van der Waals surface area contributed by atoms with Gasteiger partial charge in [0.25, 0.3) is 0 Å². The zero-order valence-corrected chi connectivity index (χ0v) is 13.0. The lowest BCUT2D eigenvalue weighted by atomic mass is 10.1. The van der Waals surface area contributed by atoms with Crippen molar-refractivity contribution in [2.45, 2.75) is 45.8 Å². The highest BCUT2D eigenvalue weighted by atomic mass is 32.1. The van der Waals surface area contributed by atoms with Crippen molar-refractivity contribution in [3.63, 3.8) is 0 Å². The van der Waals surface area contributed by atoms with E-state index in [4.69, 9.17) is 0 Å². The molecule has 0 saturated carbocycles. The van der Waals surface area contributed by atoms with Gasteiger partial charge in [-0.3, -0.25) is 0 Å². The first kappa shape index (κ1) is 13.7. The molecule has 6 heteroatoms. The lowest BCUT2D eigenvalue weighted by Gasteiger charge is -2.25. The van der Waals surface area contributed by atoms with Gasteiger partial charge in [0, 0.05) is 36.5 Å². The highest BCUT2D eigenvalue weighted by Crippen LogP contribution is 2.24. The van der Waals surface area contributed by atoms with E-state index in [-0.39, 0.29) is 0 Å². The standard InChI is InChI=1S/C14H21N5S/c1-8(14-9(2)19-10(3)20-14)15-5-11-4-12-13(6-16-11)18-7-17-12/h7-8,11,15-16H,4-6H2,1-3H3,(H,17,18). The summed E-state index contributed by atoms with van der Waals surface area (Å²) in [5, 5.41) is 8.30. The first-order valence-electron chi connectivity index (χ1n) is 7.05. The molecule has 3 rings (SSSR count). The molecule has 0 aliphatic carbocycles. The smallest absolute Gasteiger partial charge is 0.0925 e. The van der Waals surface area contributed by atoms with Gasteiger partial charge in [-0.1, -0.05) is 0 Å². The van der Waals surface area contributed by atoms with E-state index in [1.807, 2.05) is 0 Å². The van der Waals surface area contributed by atoms with E-state index < -0.39 is 0 Å². The Morgan fingerprint density at radius 2 is 2.35 bits per heavy atom. The molecule has 2 unspecified atom stereocenters. The van der Waals surface area contributed by atoms with Gasteiger partial charge < -0.3 is 15.6 Å². The fourth-order valence-corrected chi connectivity index (χ4v) is 3.69. The summed E-state index contributed by atoms with van der Waals surface area (Å²) in [4.78, 5) is 13.4. The molecule has 0 spiro atoms. The summed E-state index contributed by atoms with van der Waals surface area (Å²) in [5.41, 5.74) is 3.58. The lowest BCUT2D eigenvalue weighted by Crippen LogP contribution is -2.43. The number of rotatable bonds is 4. The van der Waals surface area contributed by atoms with Gasteiger partial charge in [0.1, 0.15) is 0 Å². The molecule has 2 aromatic heterocycles. The highest BCUT2D eigenvalue weighted by Gasteiger charge is 2.21. The Balaban J connectivity index is 1.56.